The topological polar surface area (TPSA) is 122 Å². The number of anilines is 1. The van der Waals surface area contributed by atoms with Gasteiger partial charge in [0.1, 0.15) is 37.8 Å². The van der Waals surface area contributed by atoms with Crippen LogP contribution in [0.25, 0.3) is 11.2 Å². The lowest BCUT2D eigenvalue weighted by Crippen LogP contribution is -2.43. The summed E-state index contributed by atoms with van der Waals surface area (Å²) in [6, 6.07) is 33.9. The van der Waals surface area contributed by atoms with Gasteiger partial charge in [0, 0.05) is 17.6 Å². The van der Waals surface area contributed by atoms with Gasteiger partial charge >= 0.3 is 0 Å². The van der Waals surface area contributed by atoms with Crippen molar-refractivity contribution >= 4 is 31.2 Å². The van der Waals surface area contributed by atoms with Crippen LogP contribution in [-0.2, 0) is 19.6 Å². The first kappa shape index (κ1) is 40.9. The number of imidazole rings is 1. The highest BCUT2D eigenvalue weighted by molar-refractivity contribution is 7.49. The van der Waals surface area contributed by atoms with Crippen LogP contribution in [0.2, 0.25) is 0 Å². The summed E-state index contributed by atoms with van der Waals surface area (Å²) < 4.78 is 53.3. The molecule has 12 nitrogen and oxygen atoms in total. The first-order chi connectivity index (χ1) is 28.0. The monoisotopic (exact) mass is 806 g/mol. The van der Waals surface area contributed by atoms with E-state index in [1.807, 2.05) is 91.6 Å². The van der Waals surface area contributed by atoms with Gasteiger partial charge in [0.25, 0.3) is 5.91 Å². The number of halogens is 1. The van der Waals surface area contributed by atoms with Crippen molar-refractivity contribution in [2.75, 3.05) is 26.2 Å². The molecule has 0 spiro atoms. The highest BCUT2D eigenvalue weighted by atomic mass is 31.2. The average molecular weight is 807 g/mol. The Bertz CT molecular complexity index is 2220. The molecule has 0 bridgehead atoms. The first-order valence-electron chi connectivity index (χ1n) is 19.1. The Labute approximate surface area is 339 Å². The van der Waals surface area contributed by atoms with E-state index < -0.39 is 38.7 Å². The van der Waals surface area contributed by atoms with Crippen molar-refractivity contribution < 1.29 is 32.7 Å². The minimum absolute atomic E-state index is 0.118. The number of hydrogen-bond acceptors (Lipinski definition) is 10. The number of methoxy groups -OCH3 is 2. The summed E-state index contributed by atoms with van der Waals surface area (Å²) >= 11 is 0. The summed E-state index contributed by atoms with van der Waals surface area (Å²) in [6.45, 7) is 10.4. The van der Waals surface area contributed by atoms with Gasteiger partial charge in [0.15, 0.2) is 35.7 Å². The lowest BCUT2D eigenvalue weighted by molar-refractivity contribution is -0.212. The lowest BCUT2D eigenvalue weighted by Gasteiger charge is -2.40. The number of rotatable bonds is 15. The molecular weight excluding hydrogens is 758 g/mol. The van der Waals surface area contributed by atoms with Crippen molar-refractivity contribution in [2.24, 2.45) is 0 Å². The molecule has 7 rings (SSSR count). The van der Waals surface area contributed by atoms with Crippen molar-refractivity contribution in [2.45, 2.75) is 70.2 Å². The number of nitrogens with zero attached hydrogens (tertiary/aromatic N) is 5. The molecule has 1 unspecified atom stereocenters. The molecule has 0 aliphatic carbocycles. The Kier molecular flexibility index (Phi) is 12.5. The fraction of sp³-hybridized carbons (Fsp3) is 0.318. The van der Waals surface area contributed by atoms with E-state index in [4.69, 9.17) is 23.5 Å². The van der Waals surface area contributed by atoms with Crippen LogP contribution in [0.3, 0.4) is 0 Å². The highest BCUT2D eigenvalue weighted by Crippen LogP contribution is 2.51. The minimum atomic E-state index is -1.76. The third-order valence-electron chi connectivity index (χ3n) is 10.2. The van der Waals surface area contributed by atoms with Gasteiger partial charge in [-0.2, -0.15) is 0 Å². The van der Waals surface area contributed by atoms with Gasteiger partial charge < -0.3 is 28.8 Å². The number of hydrogen-bond donors (Lipinski definition) is 1. The lowest BCUT2D eigenvalue weighted by atomic mass is 9.80. The number of carbonyl (C=O) groups is 1. The molecule has 5 atom stereocenters. The van der Waals surface area contributed by atoms with Gasteiger partial charge in [-0.3, -0.25) is 14.0 Å². The molecule has 1 amide bonds. The highest BCUT2D eigenvalue weighted by Gasteiger charge is 2.53. The number of fused-ring (bicyclic) bond motifs is 1. The third kappa shape index (κ3) is 8.05. The molecule has 2 aromatic heterocycles. The molecule has 6 aromatic rings. The Hall–Kier alpha value is -5.30. The molecule has 4 aromatic carbocycles. The van der Waals surface area contributed by atoms with Crippen LogP contribution in [0.4, 0.5) is 10.2 Å². The number of aromatic nitrogens is 4. The van der Waals surface area contributed by atoms with Crippen LogP contribution in [0, 0.1) is 0 Å². The van der Waals surface area contributed by atoms with Gasteiger partial charge in [0.05, 0.1) is 20.5 Å². The van der Waals surface area contributed by atoms with E-state index in [-0.39, 0.29) is 35.0 Å². The average Bonchev–Trinajstić information content (AvgIpc) is 3.80. The van der Waals surface area contributed by atoms with Gasteiger partial charge in [-0.1, -0.05) is 72.8 Å². The van der Waals surface area contributed by atoms with Crippen LogP contribution in [-0.4, -0.2) is 81.6 Å². The Morgan fingerprint density at radius 2 is 1.36 bits per heavy atom. The summed E-state index contributed by atoms with van der Waals surface area (Å²) in [7, 11) is 1.87. The van der Waals surface area contributed by atoms with Crippen molar-refractivity contribution in [3.63, 3.8) is 0 Å². The molecule has 0 radical (unpaired) electrons. The Balaban J connectivity index is 1.35. The summed E-state index contributed by atoms with van der Waals surface area (Å²) in [5.41, 5.74) is 1.89. The van der Waals surface area contributed by atoms with E-state index in [1.165, 1.54) is 17.2 Å². The quantitative estimate of drug-likeness (QED) is 0.0797. The molecule has 1 fully saturated rings. The molecule has 58 heavy (non-hydrogen) atoms. The summed E-state index contributed by atoms with van der Waals surface area (Å²) in [4.78, 5) is 26.5. The van der Waals surface area contributed by atoms with Crippen LogP contribution in [0.5, 0.6) is 11.5 Å². The maximum absolute atomic E-state index is 17.6. The zero-order chi connectivity index (χ0) is 41.0. The predicted molar refractivity (Wildman–Crippen MR) is 222 cm³/mol. The largest absolute Gasteiger partial charge is 0.497 e. The predicted octanol–water partition coefficient (Wildman–Crippen LogP) is 8.74. The van der Waals surface area contributed by atoms with Gasteiger partial charge in [-0.05, 0) is 87.4 Å². The molecule has 1 saturated heterocycles. The van der Waals surface area contributed by atoms with E-state index in [1.54, 1.807) is 38.5 Å². The smallest absolute Gasteiger partial charge is 0.256 e. The minimum Gasteiger partial charge on any atom is -0.497 e. The van der Waals surface area contributed by atoms with Crippen molar-refractivity contribution in [1.29, 1.82) is 0 Å². The van der Waals surface area contributed by atoms with Crippen molar-refractivity contribution in [1.82, 2.24) is 24.2 Å². The summed E-state index contributed by atoms with van der Waals surface area (Å²) in [5, 5.41) is 2.82. The zero-order valence-corrected chi connectivity index (χ0v) is 34.4. The molecule has 1 N–H and O–H groups in total. The van der Waals surface area contributed by atoms with E-state index in [0.717, 1.165) is 16.7 Å². The van der Waals surface area contributed by atoms with Crippen LogP contribution < -0.4 is 14.8 Å². The van der Waals surface area contributed by atoms with Crippen LogP contribution >= 0.6 is 8.30 Å². The summed E-state index contributed by atoms with van der Waals surface area (Å²) in [6.07, 6.45) is -2.79. The zero-order valence-electron chi connectivity index (χ0n) is 33.5. The fourth-order valence-corrected chi connectivity index (χ4v) is 9.58. The van der Waals surface area contributed by atoms with E-state index >= 15 is 4.39 Å². The first-order valence-corrected chi connectivity index (χ1v) is 20.8. The number of amides is 1. The standard InChI is InChI=1S/C44H48FN6O6P/c1-28(2)51(29(3)4)58(7)57-38-36(45)42(50-27-48-37-39(46-26-47-40(37)50)49-41(52)30-14-10-8-11-15-30)55-43(38)56-44(31-16-12-9-13-17-31,32-18-22-34(53-5)23-19-32)33-20-24-35(54-6)25-21-33/h8-29,36,38,42-43H,1-7H3,(H,46,47,49,52)/t36-,38+,42-,43-,58?/m1/s1. The maximum Gasteiger partial charge on any atom is 0.256 e. The number of ether oxygens (including phenoxy) is 4. The van der Waals surface area contributed by atoms with Crippen molar-refractivity contribution in [3.05, 3.63) is 144 Å². The second-order valence-electron chi connectivity index (χ2n) is 14.4. The molecule has 302 valence electrons. The maximum atomic E-state index is 17.6. The van der Waals surface area contributed by atoms with Crippen LogP contribution in [0.1, 0.15) is 61.0 Å². The van der Waals surface area contributed by atoms with Gasteiger partial charge in [0.2, 0.25) is 0 Å². The van der Waals surface area contributed by atoms with Crippen LogP contribution in [0.15, 0.2) is 122 Å². The molecule has 0 saturated carbocycles. The van der Waals surface area contributed by atoms with E-state index in [2.05, 4.69) is 52.6 Å². The second-order valence-corrected chi connectivity index (χ2v) is 16.0. The van der Waals surface area contributed by atoms with Crippen molar-refractivity contribution in [3.8, 4) is 11.5 Å². The Morgan fingerprint density at radius 1 is 0.810 bits per heavy atom. The Morgan fingerprint density at radius 3 is 1.91 bits per heavy atom. The number of carbonyl (C=O) groups excluding carboxylic acids is 1. The molecule has 14 heteroatoms. The number of alkyl halides is 1. The number of nitrogens with one attached hydrogen (secondary N) is 1. The third-order valence-corrected chi connectivity index (χ3v) is 12.3. The summed E-state index contributed by atoms with van der Waals surface area (Å²) in [5.74, 6) is 1.13. The van der Waals surface area contributed by atoms with E-state index in [0.29, 0.717) is 17.1 Å². The fourth-order valence-electron chi connectivity index (χ4n) is 7.60. The number of benzene rings is 4. The SMILES string of the molecule is COc1ccc(C(O[C@H]2O[C@@H](n3cnc4c(NC(=O)c5ccccc5)ncnc43)[C@H](F)[C@@H]2OP(C)N(C(C)C)C(C)C)(c2ccccc2)c2ccc(OC)cc2)cc1. The molecule has 3 heterocycles. The second kappa shape index (κ2) is 17.7. The molecule has 1 aliphatic rings. The molecular formula is C44H48FN6O6P. The van der Waals surface area contributed by atoms with Gasteiger partial charge in [-0.25, -0.2) is 19.3 Å². The molecule has 1 aliphatic heterocycles. The van der Waals surface area contributed by atoms with E-state index in [9.17, 15) is 4.79 Å². The normalized spacial score (nSPS) is 18.9. The van der Waals surface area contributed by atoms with Gasteiger partial charge in [-0.15, -0.1) is 0 Å².